The summed E-state index contributed by atoms with van der Waals surface area (Å²) in [6.45, 7) is 11.3. The van der Waals surface area contributed by atoms with Gasteiger partial charge in [0.2, 0.25) is 0 Å². The molecule has 212 valence electrons. The van der Waals surface area contributed by atoms with Crippen LogP contribution in [0.25, 0.3) is 0 Å². The van der Waals surface area contributed by atoms with Crippen LogP contribution in [0.15, 0.2) is 60.7 Å². The van der Waals surface area contributed by atoms with Crippen molar-refractivity contribution in [1.82, 2.24) is 0 Å². The quantitative estimate of drug-likeness (QED) is 0.151. The van der Waals surface area contributed by atoms with E-state index >= 15 is 0 Å². The molecule has 0 spiro atoms. The Balaban J connectivity index is 1.31. The van der Waals surface area contributed by atoms with Crippen LogP contribution >= 0.6 is 0 Å². The van der Waals surface area contributed by atoms with E-state index in [-0.39, 0.29) is 12.6 Å². The summed E-state index contributed by atoms with van der Waals surface area (Å²) in [4.78, 5) is 12.4. The van der Waals surface area contributed by atoms with Crippen molar-refractivity contribution in [2.24, 2.45) is 23.7 Å². The van der Waals surface area contributed by atoms with Crippen molar-refractivity contribution in [3.63, 3.8) is 0 Å². The number of unbranched alkanes of at least 4 members (excludes halogenated alkanes) is 2. The number of ether oxygens (including phenoxy) is 1. The van der Waals surface area contributed by atoms with Gasteiger partial charge in [-0.1, -0.05) is 108 Å². The lowest BCUT2D eigenvalue weighted by Crippen LogP contribution is -2.43. The maximum Gasteiger partial charge on any atom is 0.333 e. The van der Waals surface area contributed by atoms with Gasteiger partial charge in [-0.05, 0) is 84.5 Å². The predicted octanol–water partition coefficient (Wildman–Crippen LogP) is 8.41. The second-order valence-electron chi connectivity index (χ2n) is 12.7. The first-order chi connectivity index (χ1) is 18.8. The molecule has 0 heterocycles. The van der Waals surface area contributed by atoms with Crippen molar-refractivity contribution in [1.29, 1.82) is 0 Å². The molecule has 1 N–H and O–H groups in total. The number of hydrogen-bond acceptors (Lipinski definition) is 3. The van der Waals surface area contributed by atoms with Crippen LogP contribution in [-0.4, -0.2) is 16.7 Å². The van der Waals surface area contributed by atoms with E-state index in [1.54, 1.807) is 0 Å². The van der Waals surface area contributed by atoms with Crippen molar-refractivity contribution >= 4 is 5.97 Å². The predicted molar refractivity (Wildman–Crippen MR) is 160 cm³/mol. The van der Waals surface area contributed by atoms with Gasteiger partial charge >= 0.3 is 5.97 Å². The number of carbonyl (C=O) groups is 1. The third-order valence-electron chi connectivity index (χ3n) is 9.63. The number of aryl methyl sites for hydroxylation is 1. The van der Waals surface area contributed by atoms with Crippen LogP contribution < -0.4 is 0 Å². The number of rotatable bonds is 14. The van der Waals surface area contributed by atoms with Gasteiger partial charge in [-0.15, -0.1) is 0 Å². The average molecular weight is 531 g/mol. The third-order valence-corrected chi connectivity index (χ3v) is 9.63. The molecule has 5 atom stereocenters. The van der Waals surface area contributed by atoms with E-state index < -0.39 is 5.60 Å². The highest BCUT2D eigenvalue weighted by molar-refractivity contribution is 5.87. The standard InChI is InChI=1S/C36H50O3/c1-5-6-8-13-26(2)20-21-32-28(4)23-36(38)24-33-30(18-12-19-31(33)22-34(32)36)17-11-14-27(3)35(37)39-25-29-15-9-7-10-16-29/h7,9-10,12,15-16,18-19,26,28,32,34,38H,3,5-6,8,11,13-14,17,20-25H2,1-2,4H3/t26-,28+,32-,34+,36-/m0/s1. The number of benzene rings is 2. The highest BCUT2D eigenvalue weighted by Crippen LogP contribution is 2.52. The monoisotopic (exact) mass is 530 g/mol. The van der Waals surface area contributed by atoms with Crippen molar-refractivity contribution in [3.8, 4) is 0 Å². The first kappa shape index (κ1) is 29.6. The molecule has 0 bridgehead atoms. The molecule has 2 aromatic rings. The third kappa shape index (κ3) is 7.63. The van der Waals surface area contributed by atoms with Crippen LogP contribution in [0.3, 0.4) is 0 Å². The molecule has 0 unspecified atom stereocenters. The van der Waals surface area contributed by atoms with E-state index in [0.29, 0.717) is 29.7 Å². The number of aliphatic hydroxyl groups is 1. The molecular weight excluding hydrogens is 480 g/mol. The summed E-state index contributed by atoms with van der Waals surface area (Å²) in [6.07, 6.45) is 12.9. The van der Waals surface area contributed by atoms with Crippen LogP contribution in [0.2, 0.25) is 0 Å². The minimum Gasteiger partial charge on any atom is -0.457 e. The molecule has 1 fully saturated rings. The highest BCUT2D eigenvalue weighted by atomic mass is 16.5. The molecule has 2 aliphatic rings. The normalized spacial score (nSPS) is 24.6. The van der Waals surface area contributed by atoms with E-state index in [4.69, 9.17) is 4.74 Å². The van der Waals surface area contributed by atoms with E-state index in [0.717, 1.165) is 43.6 Å². The summed E-state index contributed by atoms with van der Waals surface area (Å²) in [7, 11) is 0. The largest absolute Gasteiger partial charge is 0.457 e. The smallest absolute Gasteiger partial charge is 0.333 e. The Bertz CT molecular complexity index is 1090. The SMILES string of the molecule is C=C(CCCc1cccc2c1C[C@@]1(O)C[C@@H](C)[C@H](CC[C@@H](C)CCCCC)[C@H]1C2)C(=O)OCc1ccccc1. The zero-order valence-electron chi connectivity index (χ0n) is 24.6. The van der Waals surface area contributed by atoms with Gasteiger partial charge in [0, 0.05) is 12.0 Å². The Morgan fingerprint density at radius 2 is 1.90 bits per heavy atom. The molecule has 0 aliphatic heterocycles. The molecule has 2 aromatic carbocycles. The molecule has 1 saturated carbocycles. The number of esters is 1. The molecule has 4 rings (SSSR count). The average Bonchev–Trinajstić information content (AvgIpc) is 3.18. The van der Waals surface area contributed by atoms with Crippen molar-refractivity contribution < 1.29 is 14.6 Å². The molecule has 0 saturated heterocycles. The minimum absolute atomic E-state index is 0.280. The fourth-order valence-electron chi connectivity index (χ4n) is 7.35. The fourth-order valence-corrected chi connectivity index (χ4v) is 7.35. The molecule has 3 nitrogen and oxygen atoms in total. The summed E-state index contributed by atoms with van der Waals surface area (Å²) in [5, 5.41) is 11.9. The number of hydrogen-bond donors (Lipinski definition) is 1. The molecule has 3 heteroatoms. The lowest BCUT2D eigenvalue weighted by molar-refractivity contribution is -0.140. The van der Waals surface area contributed by atoms with E-state index in [1.807, 2.05) is 30.3 Å². The van der Waals surface area contributed by atoms with Crippen LogP contribution in [0.4, 0.5) is 0 Å². The summed E-state index contributed by atoms with van der Waals surface area (Å²) in [5.41, 5.74) is 5.04. The van der Waals surface area contributed by atoms with Crippen LogP contribution in [-0.2, 0) is 35.4 Å². The van der Waals surface area contributed by atoms with E-state index in [1.165, 1.54) is 55.2 Å². The van der Waals surface area contributed by atoms with E-state index in [2.05, 4.69) is 45.5 Å². The minimum atomic E-state index is -0.580. The molecule has 0 amide bonds. The zero-order chi connectivity index (χ0) is 27.8. The summed E-state index contributed by atoms with van der Waals surface area (Å²) in [5.74, 6) is 2.04. The Labute approximate surface area is 237 Å². The van der Waals surface area contributed by atoms with Gasteiger partial charge in [-0.25, -0.2) is 4.79 Å². The van der Waals surface area contributed by atoms with Gasteiger partial charge < -0.3 is 9.84 Å². The van der Waals surface area contributed by atoms with Gasteiger partial charge in [-0.3, -0.25) is 0 Å². The lowest BCUT2D eigenvalue weighted by Gasteiger charge is -2.39. The zero-order valence-corrected chi connectivity index (χ0v) is 24.6. The van der Waals surface area contributed by atoms with Gasteiger partial charge in [0.05, 0.1) is 5.60 Å². The van der Waals surface area contributed by atoms with Gasteiger partial charge in [-0.2, -0.15) is 0 Å². The second kappa shape index (κ2) is 13.8. The Hall–Kier alpha value is -2.39. The Morgan fingerprint density at radius 1 is 1.10 bits per heavy atom. The first-order valence-electron chi connectivity index (χ1n) is 15.5. The van der Waals surface area contributed by atoms with Crippen molar-refractivity contribution in [3.05, 3.63) is 82.9 Å². The van der Waals surface area contributed by atoms with Crippen molar-refractivity contribution in [2.45, 2.75) is 110 Å². The summed E-state index contributed by atoms with van der Waals surface area (Å²) >= 11 is 0. The van der Waals surface area contributed by atoms with Crippen LogP contribution in [0.5, 0.6) is 0 Å². The molecule has 2 aliphatic carbocycles. The number of carbonyl (C=O) groups excluding carboxylic acids is 1. The van der Waals surface area contributed by atoms with E-state index in [9.17, 15) is 9.90 Å². The maximum absolute atomic E-state index is 12.4. The molecule has 0 radical (unpaired) electrons. The van der Waals surface area contributed by atoms with Gasteiger partial charge in [0.25, 0.3) is 0 Å². The lowest BCUT2D eigenvalue weighted by atomic mass is 9.69. The topological polar surface area (TPSA) is 46.5 Å². The van der Waals surface area contributed by atoms with Crippen LogP contribution in [0, 0.1) is 23.7 Å². The second-order valence-corrected chi connectivity index (χ2v) is 12.7. The highest BCUT2D eigenvalue weighted by Gasteiger charge is 2.52. The fraction of sp³-hybridized carbons (Fsp3) is 0.583. The maximum atomic E-state index is 12.4. The summed E-state index contributed by atoms with van der Waals surface area (Å²) < 4.78 is 5.45. The first-order valence-corrected chi connectivity index (χ1v) is 15.5. The molecule has 39 heavy (non-hydrogen) atoms. The summed E-state index contributed by atoms with van der Waals surface area (Å²) in [6, 6.07) is 16.4. The molecule has 0 aromatic heterocycles. The Morgan fingerprint density at radius 3 is 2.67 bits per heavy atom. The Kier molecular flexibility index (Phi) is 10.5. The van der Waals surface area contributed by atoms with Crippen molar-refractivity contribution in [2.75, 3.05) is 0 Å². The number of fused-ring (bicyclic) bond motifs is 2. The van der Waals surface area contributed by atoms with Gasteiger partial charge in [0.15, 0.2) is 0 Å². The molecular formula is C36H50O3. The van der Waals surface area contributed by atoms with Gasteiger partial charge in [0.1, 0.15) is 6.61 Å². The van der Waals surface area contributed by atoms with Crippen LogP contribution in [0.1, 0.15) is 101 Å².